The molecule has 1 amide bonds. The van der Waals surface area contributed by atoms with E-state index in [9.17, 15) is 9.18 Å². The van der Waals surface area contributed by atoms with E-state index in [1.807, 2.05) is 30.5 Å². The number of hydrogen-bond acceptors (Lipinski definition) is 4. The van der Waals surface area contributed by atoms with Gasteiger partial charge in [-0.3, -0.25) is 9.69 Å². The van der Waals surface area contributed by atoms with Crippen molar-refractivity contribution in [2.24, 2.45) is 11.8 Å². The number of nitrogens with one attached hydrogen (secondary N) is 1. The van der Waals surface area contributed by atoms with Gasteiger partial charge in [0.2, 0.25) is 5.82 Å². The number of halogens is 1. The van der Waals surface area contributed by atoms with Gasteiger partial charge in [-0.15, -0.1) is 10.2 Å². The fraction of sp³-hybridized carbons (Fsp3) is 0.526. The summed E-state index contributed by atoms with van der Waals surface area (Å²) in [7, 11) is 0. The molecule has 138 valence electrons. The number of nitrogens with zero attached hydrogens (tertiary/aromatic N) is 4. The van der Waals surface area contributed by atoms with Crippen molar-refractivity contribution in [1.82, 2.24) is 25.0 Å². The van der Waals surface area contributed by atoms with Gasteiger partial charge in [0.25, 0.3) is 5.91 Å². The molecular weight excluding hydrogens is 333 g/mol. The number of carbonyl (C=O) groups is 1. The van der Waals surface area contributed by atoms with Crippen molar-refractivity contribution in [3.63, 3.8) is 0 Å². The third kappa shape index (κ3) is 3.35. The van der Waals surface area contributed by atoms with E-state index in [4.69, 9.17) is 0 Å². The molecule has 6 nitrogen and oxygen atoms in total. The first-order valence-electron chi connectivity index (χ1n) is 9.19. The summed E-state index contributed by atoms with van der Waals surface area (Å²) in [5.41, 5.74) is 1.13. The number of rotatable bonds is 4. The molecule has 7 heteroatoms. The Labute approximate surface area is 152 Å². The predicted molar refractivity (Wildman–Crippen MR) is 95.0 cm³/mol. The maximum atomic E-state index is 13.1. The van der Waals surface area contributed by atoms with Crippen LogP contribution in [-0.2, 0) is 19.5 Å². The molecule has 1 N–H and O–H groups in total. The first-order chi connectivity index (χ1) is 12.5. The number of aromatic nitrogens is 3. The van der Waals surface area contributed by atoms with E-state index in [1.165, 1.54) is 12.1 Å². The summed E-state index contributed by atoms with van der Waals surface area (Å²) >= 11 is 0. The van der Waals surface area contributed by atoms with Gasteiger partial charge in [0.15, 0.2) is 0 Å². The minimum absolute atomic E-state index is 0.0736. The van der Waals surface area contributed by atoms with Gasteiger partial charge in [-0.2, -0.15) is 0 Å². The highest BCUT2D eigenvalue weighted by atomic mass is 19.1. The van der Waals surface area contributed by atoms with Gasteiger partial charge in [0, 0.05) is 38.6 Å². The average molecular weight is 357 g/mol. The molecule has 0 saturated carbocycles. The lowest BCUT2D eigenvalue weighted by atomic mass is 9.89. The summed E-state index contributed by atoms with van der Waals surface area (Å²) in [4.78, 5) is 14.8. The standard InChI is InChI=1S/C19H24FN5O/c1-12(2)21-19(26)18-23-22-17-7-14-9-24(10-15(14)11-25(17)18)8-13-3-5-16(20)6-4-13/h3-6,12,14-15H,7-11H2,1-2H3,(H,21,26)/t14-,15-/m1/s1. The number of amides is 1. The predicted octanol–water partition coefficient (Wildman–Crippen LogP) is 1.86. The second-order valence-electron chi connectivity index (χ2n) is 7.72. The van der Waals surface area contributed by atoms with Crippen LogP contribution in [0.1, 0.15) is 35.9 Å². The number of likely N-dealkylation sites (tertiary alicyclic amines) is 1. The molecule has 0 spiro atoms. The molecule has 1 aromatic heterocycles. The Morgan fingerprint density at radius 2 is 1.92 bits per heavy atom. The smallest absolute Gasteiger partial charge is 0.289 e. The highest BCUT2D eigenvalue weighted by Crippen LogP contribution is 2.33. The zero-order chi connectivity index (χ0) is 18.3. The Morgan fingerprint density at radius 1 is 1.19 bits per heavy atom. The Hall–Kier alpha value is -2.28. The Balaban J connectivity index is 1.44. The van der Waals surface area contributed by atoms with Gasteiger partial charge in [-0.05, 0) is 43.4 Å². The lowest BCUT2D eigenvalue weighted by Gasteiger charge is -2.25. The first-order valence-corrected chi connectivity index (χ1v) is 9.19. The number of hydrogen-bond donors (Lipinski definition) is 1. The lowest BCUT2D eigenvalue weighted by Crippen LogP contribution is -2.35. The first kappa shape index (κ1) is 17.1. The molecule has 0 bridgehead atoms. The Bertz CT molecular complexity index is 801. The SMILES string of the molecule is CC(C)NC(=O)c1nnc2n1C[C@H]1CN(Cc3ccc(F)cc3)C[C@H]1C2. The van der Waals surface area contributed by atoms with Crippen LogP contribution in [0.2, 0.25) is 0 Å². The van der Waals surface area contributed by atoms with Crippen molar-refractivity contribution in [3.8, 4) is 0 Å². The zero-order valence-corrected chi connectivity index (χ0v) is 15.2. The minimum Gasteiger partial charge on any atom is -0.347 e. The van der Waals surface area contributed by atoms with Crippen molar-refractivity contribution in [2.75, 3.05) is 13.1 Å². The summed E-state index contributed by atoms with van der Waals surface area (Å²) in [6.45, 7) is 7.47. The third-order valence-corrected chi connectivity index (χ3v) is 5.28. The average Bonchev–Trinajstić information content (AvgIpc) is 3.16. The summed E-state index contributed by atoms with van der Waals surface area (Å²) in [6, 6.07) is 6.80. The number of fused-ring (bicyclic) bond motifs is 2. The molecule has 1 aromatic carbocycles. The Kier molecular flexibility index (Phi) is 4.48. The molecule has 1 fully saturated rings. The van der Waals surface area contributed by atoms with Crippen LogP contribution in [0.25, 0.3) is 0 Å². The lowest BCUT2D eigenvalue weighted by molar-refractivity contribution is 0.0924. The normalized spacial score (nSPS) is 22.3. The molecule has 3 heterocycles. The van der Waals surface area contributed by atoms with Crippen LogP contribution in [0.4, 0.5) is 4.39 Å². The molecule has 1 saturated heterocycles. The van der Waals surface area contributed by atoms with Gasteiger partial charge in [0.05, 0.1) is 0 Å². The van der Waals surface area contributed by atoms with E-state index in [2.05, 4.69) is 20.4 Å². The minimum atomic E-state index is -0.200. The molecular formula is C19H24FN5O. The van der Waals surface area contributed by atoms with Crippen molar-refractivity contribution >= 4 is 5.91 Å². The van der Waals surface area contributed by atoms with E-state index in [0.29, 0.717) is 17.7 Å². The quantitative estimate of drug-likeness (QED) is 0.907. The van der Waals surface area contributed by atoms with Crippen molar-refractivity contribution in [3.05, 3.63) is 47.3 Å². The van der Waals surface area contributed by atoms with E-state index in [-0.39, 0.29) is 17.8 Å². The van der Waals surface area contributed by atoms with Gasteiger partial charge in [-0.1, -0.05) is 12.1 Å². The molecule has 2 aliphatic rings. The fourth-order valence-electron chi connectivity index (χ4n) is 4.09. The fourth-order valence-corrected chi connectivity index (χ4v) is 4.09. The molecule has 26 heavy (non-hydrogen) atoms. The largest absolute Gasteiger partial charge is 0.347 e. The van der Waals surface area contributed by atoms with Gasteiger partial charge in [-0.25, -0.2) is 4.39 Å². The maximum Gasteiger partial charge on any atom is 0.289 e. The number of carbonyl (C=O) groups excluding carboxylic acids is 1. The van der Waals surface area contributed by atoms with Crippen LogP contribution in [0.3, 0.4) is 0 Å². The van der Waals surface area contributed by atoms with E-state index in [1.54, 1.807) is 0 Å². The molecule has 2 aromatic rings. The summed E-state index contributed by atoms with van der Waals surface area (Å²) in [5.74, 6) is 2.00. The van der Waals surface area contributed by atoms with E-state index >= 15 is 0 Å². The van der Waals surface area contributed by atoms with Crippen LogP contribution in [-0.4, -0.2) is 44.7 Å². The highest BCUT2D eigenvalue weighted by Gasteiger charge is 2.39. The van der Waals surface area contributed by atoms with Crippen LogP contribution in [0.15, 0.2) is 24.3 Å². The third-order valence-electron chi connectivity index (χ3n) is 5.28. The maximum absolute atomic E-state index is 13.1. The van der Waals surface area contributed by atoms with Gasteiger partial charge in [0.1, 0.15) is 11.6 Å². The monoisotopic (exact) mass is 357 g/mol. The summed E-state index contributed by atoms with van der Waals surface area (Å²) < 4.78 is 15.1. The van der Waals surface area contributed by atoms with Crippen LogP contribution < -0.4 is 5.32 Å². The molecule has 0 radical (unpaired) electrons. The molecule has 0 unspecified atom stereocenters. The van der Waals surface area contributed by atoms with E-state index < -0.39 is 0 Å². The van der Waals surface area contributed by atoms with Crippen LogP contribution >= 0.6 is 0 Å². The molecule has 2 aliphatic heterocycles. The van der Waals surface area contributed by atoms with E-state index in [0.717, 1.165) is 44.0 Å². The van der Waals surface area contributed by atoms with Crippen LogP contribution in [0.5, 0.6) is 0 Å². The number of benzene rings is 1. The van der Waals surface area contributed by atoms with Crippen molar-refractivity contribution in [1.29, 1.82) is 0 Å². The molecule has 2 atom stereocenters. The Morgan fingerprint density at radius 3 is 2.65 bits per heavy atom. The zero-order valence-electron chi connectivity index (χ0n) is 15.2. The topological polar surface area (TPSA) is 63.1 Å². The highest BCUT2D eigenvalue weighted by molar-refractivity contribution is 5.90. The summed E-state index contributed by atoms with van der Waals surface area (Å²) in [6.07, 6.45) is 0.854. The van der Waals surface area contributed by atoms with Crippen molar-refractivity contribution in [2.45, 2.75) is 39.4 Å². The van der Waals surface area contributed by atoms with Gasteiger partial charge < -0.3 is 9.88 Å². The van der Waals surface area contributed by atoms with Crippen LogP contribution in [0, 0.1) is 17.7 Å². The summed E-state index contributed by atoms with van der Waals surface area (Å²) in [5, 5.41) is 11.3. The van der Waals surface area contributed by atoms with Gasteiger partial charge >= 0.3 is 0 Å². The second kappa shape index (κ2) is 6.79. The molecule has 4 rings (SSSR count). The van der Waals surface area contributed by atoms with Crippen molar-refractivity contribution < 1.29 is 9.18 Å². The second-order valence-corrected chi connectivity index (χ2v) is 7.72. The molecule has 0 aliphatic carbocycles.